The molecule has 1 aromatic carbocycles. The van der Waals surface area contributed by atoms with E-state index in [1.807, 2.05) is 0 Å². The van der Waals surface area contributed by atoms with Gasteiger partial charge < -0.3 is 15.7 Å². The highest BCUT2D eigenvalue weighted by Gasteiger charge is 2.25. The summed E-state index contributed by atoms with van der Waals surface area (Å²) in [4.78, 5) is 11.5. The lowest BCUT2D eigenvalue weighted by Crippen LogP contribution is -2.44. The number of halogens is 1. The van der Waals surface area contributed by atoms with Crippen molar-refractivity contribution in [3.05, 3.63) is 35.6 Å². The van der Waals surface area contributed by atoms with Crippen LogP contribution in [0.2, 0.25) is 0 Å². The van der Waals surface area contributed by atoms with Gasteiger partial charge in [0.15, 0.2) is 0 Å². The molecule has 0 spiro atoms. The van der Waals surface area contributed by atoms with Crippen LogP contribution in [-0.2, 0) is 0 Å². The van der Waals surface area contributed by atoms with Gasteiger partial charge in [0, 0.05) is 6.04 Å². The lowest BCUT2D eigenvalue weighted by molar-refractivity contribution is 0.137. The smallest absolute Gasteiger partial charge is 0.315 e. The van der Waals surface area contributed by atoms with Crippen molar-refractivity contribution in [3.63, 3.8) is 0 Å². The summed E-state index contributed by atoms with van der Waals surface area (Å²) in [5.41, 5.74) is 0.579. The van der Waals surface area contributed by atoms with Gasteiger partial charge in [0.2, 0.25) is 0 Å². The second-order valence-electron chi connectivity index (χ2n) is 4.68. The summed E-state index contributed by atoms with van der Waals surface area (Å²) in [7, 11) is 0. The molecule has 0 aliphatic heterocycles. The van der Waals surface area contributed by atoms with Gasteiger partial charge in [-0.2, -0.15) is 0 Å². The van der Waals surface area contributed by atoms with Crippen LogP contribution < -0.4 is 10.6 Å². The van der Waals surface area contributed by atoms with Crippen LogP contribution in [0.4, 0.5) is 9.18 Å². The number of hydrogen-bond donors (Lipinski definition) is 3. The highest BCUT2D eigenvalue weighted by atomic mass is 19.1. The molecule has 0 saturated heterocycles. The minimum atomic E-state index is -0.851. The third kappa shape index (κ3) is 3.43. The van der Waals surface area contributed by atoms with Crippen LogP contribution in [0.1, 0.15) is 31.4 Å². The SMILES string of the molecule is CC(NC(=O)NC1CC1)C(O)c1ccc(F)cc1. The number of aliphatic hydroxyl groups excluding tert-OH is 1. The number of amides is 2. The summed E-state index contributed by atoms with van der Waals surface area (Å²) < 4.78 is 12.8. The maximum Gasteiger partial charge on any atom is 0.315 e. The number of nitrogens with one attached hydrogen (secondary N) is 2. The van der Waals surface area contributed by atoms with E-state index in [1.54, 1.807) is 6.92 Å². The Labute approximate surface area is 105 Å². The van der Waals surface area contributed by atoms with Crippen molar-refractivity contribution < 1.29 is 14.3 Å². The van der Waals surface area contributed by atoms with Crippen LogP contribution in [0.3, 0.4) is 0 Å². The fraction of sp³-hybridized carbons (Fsp3) is 0.462. The van der Waals surface area contributed by atoms with Crippen LogP contribution in [0.5, 0.6) is 0 Å². The molecule has 1 aliphatic carbocycles. The zero-order valence-corrected chi connectivity index (χ0v) is 10.2. The molecular weight excluding hydrogens is 235 g/mol. The zero-order valence-electron chi connectivity index (χ0n) is 10.2. The van der Waals surface area contributed by atoms with Gasteiger partial charge in [-0.1, -0.05) is 12.1 Å². The van der Waals surface area contributed by atoms with Gasteiger partial charge in [0.1, 0.15) is 5.82 Å². The van der Waals surface area contributed by atoms with E-state index in [0.717, 1.165) is 12.8 Å². The molecule has 98 valence electrons. The van der Waals surface area contributed by atoms with E-state index in [9.17, 15) is 14.3 Å². The van der Waals surface area contributed by atoms with Crippen molar-refractivity contribution in [2.24, 2.45) is 0 Å². The first-order valence-corrected chi connectivity index (χ1v) is 6.07. The van der Waals surface area contributed by atoms with Crippen molar-refractivity contribution in [1.82, 2.24) is 10.6 Å². The largest absolute Gasteiger partial charge is 0.386 e. The molecule has 4 nitrogen and oxygen atoms in total. The summed E-state index contributed by atoms with van der Waals surface area (Å²) >= 11 is 0. The van der Waals surface area contributed by atoms with E-state index in [0.29, 0.717) is 5.56 Å². The molecule has 18 heavy (non-hydrogen) atoms. The molecule has 2 unspecified atom stereocenters. The lowest BCUT2D eigenvalue weighted by atomic mass is 10.0. The molecule has 3 N–H and O–H groups in total. The Bertz CT molecular complexity index is 418. The van der Waals surface area contributed by atoms with Gasteiger partial charge in [-0.05, 0) is 37.5 Å². The quantitative estimate of drug-likeness (QED) is 0.764. The molecule has 0 radical (unpaired) electrons. The molecule has 1 aliphatic rings. The Hall–Kier alpha value is -1.62. The second kappa shape index (κ2) is 5.35. The van der Waals surface area contributed by atoms with Crippen LogP contribution in [-0.4, -0.2) is 23.2 Å². The van der Waals surface area contributed by atoms with Gasteiger partial charge in [0.05, 0.1) is 12.1 Å². The Morgan fingerprint density at radius 3 is 2.56 bits per heavy atom. The van der Waals surface area contributed by atoms with Crippen molar-refractivity contribution >= 4 is 6.03 Å². The van der Waals surface area contributed by atoms with Crippen molar-refractivity contribution in [2.45, 2.75) is 38.0 Å². The number of hydrogen-bond acceptors (Lipinski definition) is 2. The average molecular weight is 252 g/mol. The predicted octanol–water partition coefficient (Wildman–Crippen LogP) is 1.71. The maximum absolute atomic E-state index is 12.8. The Kier molecular flexibility index (Phi) is 3.81. The topological polar surface area (TPSA) is 61.4 Å². The van der Waals surface area contributed by atoms with Crippen LogP contribution in [0, 0.1) is 5.82 Å². The molecule has 2 rings (SSSR count). The number of carbonyl (C=O) groups excluding carboxylic acids is 1. The maximum atomic E-state index is 12.8. The van der Waals surface area contributed by atoms with E-state index in [2.05, 4.69) is 10.6 Å². The van der Waals surface area contributed by atoms with Gasteiger partial charge in [0.25, 0.3) is 0 Å². The third-order valence-corrected chi connectivity index (χ3v) is 2.96. The zero-order chi connectivity index (χ0) is 13.1. The second-order valence-corrected chi connectivity index (χ2v) is 4.68. The van der Waals surface area contributed by atoms with Crippen LogP contribution >= 0.6 is 0 Å². The highest BCUT2D eigenvalue weighted by molar-refractivity contribution is 5.74. The lowest BCUT2D eigenvalue weighted by Gasteiger charge is -2.20. The van der Waals surface area contributed by atoms with Gasteiger partial charge in [-0.15, -0.1) is 0 Å². The van der Waals surface area contributed by atoms with E-state index >= 15 is 0 Å². The normalized spacial score (nSPS) is 17.9. The monoisotopic (exact) mass is 252 g/mol. The molecule has 0 heterocycles. The molecule has 0 aromatic heterocycles. The molecule has 1 fully saturated rings. The summed E-state index contributed by atoms with van der Waals surface area (Å²) in [6, 6.07) is 5.17. The first-order valence-electron chi connectivity index (χ1n) is 6.07. The summed E-state index contributed by atoms with van der Waals surface area (Å²) in [6.07, 6.45) is 1.18. The molecule has 2 amide bonds. The first-order chi connectivity index (χ1) is 8.56. The number of carbonyl (C=O) groups is 1. The van der Waals surface area contributed by atoms with Crippen LogP contribution in [0.15, 0.2) is 24.3 Å². The molecular formula is C13H17FN2O2. The van der Waals surface area contributed by atoms with Gasteiger partial charge >= 0.3 is 6.03 Å². The van der Waals surface area contributed by atoms with Crippen molar-refractivity contribution in [3.8, 4) is 0 Å². The van der Waals surface area contributed by atoms with E-state index in [1.165, 1.54) is 24.3 Å². The fourth-order valence-corrected chi connectivity index (χ4v) is 1.69. The Morgan fingerprint density at radius 1 is 1.39 bits per heavy atom. The summed E-state index contributed by atoms with van der Waals surface area (Å²) in [6.45, 7) is 1.71. The summed E-state index contributed by atoms with van der Waals surface area (Å²) in [5, 5.41) is 15.5. The number of rotatable bonds is 4. The van der Waals surface area contributed by atoms with E-state index in [-0.39, 0.29) is 17.9 Å². The highest BCUT2D eigenvalue weighted by Crippen LogP contribution is 2.19. The Balaban J connectivity index is 1.88. The molecule has 1 aromatic rings. The van der Waals surface area contributed by atoms with E-state index in [4.69, 9.17) is 0 Å². The standard InChI is InChI=1S/C13H17FN2O2/c1-8(15-13(18)16-11-6-7-11)12(17)9-2-4-10(14)5-3-9/h2-5,8,11-12,17H,6-7H2,1H3,(H2,15,16,18). The minimum Gasteiger partial charge on any atom is -0.386 e. The first kappa shape index (κ1) is 12.8. The van der Waals surface area contributed by atoms with Crippen molar-refractivity contribution in [1.29, 1.82) is 0 Å². The third-order valence-electron chi connectivity index (χ3n) is 2.96. The molecule has 0 bridgehead atoms. The van der Waals surface area contributed by atoms with Gasteiger partial charge in [-0.3, -0.25) is 0 Å². The minimum absolute atomic E-state index is 0.272. The fourth-order valence-electron chi connectivity index (χ4n) is 1.69. The van der Waals surface area contributed by atoms with Crippen LogP contribution in [0.25, 0.3) is 0 Å². The molecule has 5 heteroatoms. The number of benzene rings is 1. The molecule has 1 saturated carbocycles. The average Bonchev–Trinajstić information content (AvgIpc) is 3.12. The van der Waals surface area contributed by atoms with E-state index < -0.39 is 12.1 Å². The van der Waals surface area contributed by atoms with Crippen molar-refractivity contribution in [2.75, 3.05) is 0 Å². The number of urea groups is 1. The summed E-state index contributed by atoms with van der Waals surface area (Å²) in [5.74, 6) is -0.349. The Morgan fingerprint density at radius 2 is 2.00 bits per heavy atom. The predicted molar refractivity (Wildman–Crippen MR) is 65.5 cm³/mol. The molecule has 2 atom stereocenters. The number of aliphatic hydroxyl groups is 1. The van der Waals surface area contributed by atoms with Gasteiger partial charge in [-0.25, -0.2) is 9.18 Å².